The van der Waals surface area contributed by atoms with Gasteiger partial charge in [0.15, 0.2) is 0 Å². The number of rotatable bonds is 6. The van der Waals surface area contributed by atoms with Gasteiger partial charge in [0, 0.05) is 31.9 Å². The predicted molar refractivity (Wildman–Crippen MR) is 83.0 cm³/mol. The Morgan fingerprint density at radius 3 is 2.70 bits per heavy atom. The molecule has 1 aromatic rings. The quantitative estimate of drug-likeness (QED) is 0.838. The second-order valence-corrected chi connectivity index (χ2v) is 5.74. The average molecular weight is 277 g/mol. The molecule has 0 aromatic carbocycles. The molecular weight excluding hydrogens is 250 g/mol. The Balaban J connectivity index is 1.91. The van der Waals surface area contributed by atoms with Gasteiger partial charge in [-0.1, -0.05) is 13.0 Å². The normalized spacial score (nSPS) is 18.2. The molecular formula is C16H27N3O. The van der Waals surface area contributed by atoms with E-state index in [0.29, 0.717) is 18.6 Å². The minimum atomic E-state index is 0.320. The molecule has 1 unspecified atom stereocenters. The molecule has 0 radical (unpaired) electrons. The minimum absolute atomic E-state index is 0.320. The summed E-state index contributed by atoms with van der Waals surface area (Å²) in [4.78, 5) is 6.93. The maximum atomic E-state index is 9.18. The second kappa shape index (κ2) is 7.60. The Hall–Kier alpha value is -1.13. The van der Waals surface area contributed by atoms with Crippen molar-refractivity contribution in [2.45, 2.75) is 39.2 Å². The van der Waals surface area contributed by atoms with Crippen LogP contribution in [0.1, 0.15) is 44.7 Å². The van der Waals surface area contributed by atoms with Crippen molar-refractivity contribution < 1.29 is 5.11 Å². The molecule has 2 N–H and O–H groups in total. The van der Waals surface area contributed by atoms with Gasteiger partial charge in [-0.15, -0.1) is 0 Å². The number of pyridine rings is 1. The van der Waals surface area contributed by atoms with Crippen LogP contribution in [0.2, 0.25) is 0 Å². The van der Waals surface area contributed by atoms with E-state index in [4.69, 9.17) is 0 Å². The van der Waals surface area contributed by atoms with Crippen LogP contribution in [0.3, 0.4) is 0 Å². The van der Waals surface area contributed by atoms with Crippen molar-refractivity contribution in [2.24, 2.45) is 5.92 Å². The van der Waals surface area contributed by atoms with Crippen LogP contribution in [-0.4, -0.2) is 36.3 Å². The van der Waals surface area contributed by atoms with E-state index in [1.54, 1.807) is 0 Å². The summed E-state index contributed by atoms with van der Waals surface area (Å²) in [6.07, 6.45) is 5.26. The van der Waals surface area contributed by atoms with Gasteiger partial charge in [-0.3, -0.25) is 0 Å². The van der Waals surface area contributed by atoms with Crippen molar-refractivity contribution in [1.82, 2.24) is 10.3 Å². The summed E-state index contributed by atoms with van der Waals surface area (Å²) < 4.78 is 0. The van der Waals surface area contributed by atoms with Gasteiger partial charge in [-0.25, -0.2) is 4.98 Å². The van der Waals surface area contributed by atoms with Crippen LogP contribution in [0.15, 0.2) is 18.3 Å². The lowest BCUT2D eigenvalue weighted by molar-refractivity contribution is 0.203. The van der Waals surface area contributed by atoms with Crippen molar-refractivity contribution in [1.29, 1.82) is 0 Å². The third kappa shape index (κ3) is 3.93. The lowest BCUT2D eigenvalue weighted by Gasteiger charge is -2.32. The first-order valence-corrected chi connectivity index (χ1v) is 7.79. The van der Waals surface area contributed by atoms with E-state index < -0.39 is 0 Å². The fourth-order valence-electron chi connectivity index (χ4n) is 2.66. The summed E-state index contributed by atoms with van der Waals surface area (Å²) in [6, 6.07) is 4.66. The lowest BCUT2D eigenvalue weighted by atomic mass is 9.98. The first kappa shape index (κ1) is 15.3. The lowest BCUT2D eigenvalue weighted by Crippen LogP contribution is -2.35. The Morgan fingerprint density at radius 1 is 1.40 bits per heavy atom. The van der Waals surface area contributed by atoms with Crippen LogP contribution in [-0.2, 0) is 0 Å². The van der Waals surface area contributed by atoms with Crippen molar-refractivity contribution >= 4 is 5.82 Å². The summed E-state index contributed by atoms with van der Waals surface area (Å²) in [7, 11) is 0. The molecule has 4 nitrogen and oxygen atoms in total. The molecule has 0 saturated carbocycles. The summed E-state index contributed by atoms with van der Waals surface area (Å²) >= 11 is 0. The van der Waals surface area contributed by atoms with Gasteiger partial charge in [0.25, 0.3) is 0 Å². The molecule has 0 aliphatic carbocycles. The van der Waals surface area contributed by atoms with E-state index in [9.17, 15) is 5.11 Å². The van der Waals surface area contributed by atoms with E-state index >= 15 is 0 Å². The fraction of sp³-hybridized carbons (Fsp3) is 0.688. The van der Waals surface area contributed by atoms with Gasteiger partial charge in [0.2, 0.25) is 0 Å². The number of nitrogens with zero attached hydrogens (tertiary/aromatic N) is 2. The first-order chi connectivity index (χ1) is 9.74. The third-order valence-electron chi connectivity index (χ3n) is 4.17. The van der Waals surface area contributed by atoms with Gasteiger partial charge in [-0.05, 0) is 50.3 Å². The van der Waals surface area contributed by atoms with Crippen molar-refractivity contribution in [3.63, 3.8) is 0 Å². The highest BCUT2D eigenvalue weighted by Crippen LogP contribution is 2.22. The highest BCUT2D eigenvalue weighted by Gasteiger charge is 2.19. The molecule has 1 aliphatic rings. The first-order valence-electron chi connectivity index (χ1n) is 7.79. The summed E-state index contributed by atoms with van der Waals surface area (Å²) in [5.74, 6) is 1.54. The maximum Gasteiger partial charge on any atom is 0.128 e. The fourth-order valence-corrected chi connectivity index (χ4v) is 2.66. The Morgan fingerprint density at radius 2 is 2.15 bits per heavy atom. The average Bonchev–Trinajstić information content (AvgIpc) is 2.53. The van der Waals surface area contributed by atoms with Crippen molar-refractivity contribution in [3.05, 3.63) is 23.9 Å². The molecule has 2 heterocycles. The van der Waals surface area contributed by atoms with Gasteiger partial charge < -0.3 is 15.3 Å². The molecule has 112 valence electrons. The molecule has 1 saturated heterocycles. The van der Waals surface area contributed by atoms with E-state index in [2.05, 4.69) is 41.2 Å². The zero-order valence-corrected chi connectivity index (χ0v) is 12.7. The largest absolute Gasteiger partial charge is 0.396 e. The third-order valence-corrected chi connectivity index (χ3v) is 4.17. The molecule has 0 amide bonds. The molecule has 2 rings (SSSR count). The number of nitrogens with one attached hydrogen (secondary N) is 1. The topological polar surface area (TPSA) is 48.4 Å². The van der Waals surface area contributed by atoms with Crippen LogP contribution in [0, 0.1) is 5.92 Å². The van der Waals surface area contributed by atoms with Crippen molar-refractivity contribution in [2.75, 3.05) is 31.1 Å². The number of hydrogen-bond donors (Lipinski definition) is 2. The number of piperidine rings is 1. The van der Waals surface area contributed by atoms with Crippen molar-refractivity contribution in [3.8, 4) is 0 Å². The smallest absolute Gasteiger partial charge is 0.128 e. The standard InChI is InChI=1S/C16H27N3O/c1-3-8-17-13(2)15-4-5-16(18-11-15)19-9-6-14(12-20)7-10-19/h4-5,11,13-14,17,20H,3,6-10,12H2,1-2H3. The monoisotopic (exact) mass is 277 g/mol. The zero-order valence-electron chi connectivity index (χ0n) is 12.7. The molecule has 1 atom stereocenters. The molecule has 1 aromatic heterocycles. The zero-order chi connectivity index (χ0) is 14.4. The van der Waals surface area contributed by atoms with E-state index in [-0.39, 0.29) is 0 Å². The molecule has 0 spiro atoms. The summed E-state index contributed by atoms with van der Waals surface area (Å²) in [5.41, 5.74) is 1.24. The van der Waals surface area contributed by atoms with Crippen LogP contribution in [0.25, 0.3) is 0 Å². The SMILES string of the molecule is CCCNC(C)c1ccc(N2CCC(CO)CC2)nc1. The van der Waals surface area contributed by atoms with Crippen LogP contribution in [0.4, 0.5) is 5.82 Å². The van der Waals surface area contributed by atoms with Crippen LogP contribution < -0.4 is 10.2 Å². The van der Waals surface area contributed by atoms with E-state index in [1.807, 2.05) is 6.20 Å². The van der Waals surface area contributed by atoms with Gasteiger partial charge in [0.1, 0.15) is 5.82 Å². The highest BCUT2D eigenvalue weighted by atomic mass is 16.3. The number of aliphatic hydroxyl groups excluding tert-OH is 1. The second-order valence-electron chi connectivity index (χ2n) is 5.74. The Kier molecular flexibility index (Phi) is 5.80. The molecule has 1 fully saturated rings. The van der Waals surface area contributed by atoms with Gasteiger partial charge >= 0.3 is 0 Å². The number of hydrogen-bond acceptors (Lipinski definition) is 4. The molecule has 4 heteroatoms. The summed E-state index contributed by atoms with van der Waals surface area (Å²) in [5, 5.41) is 12.7. The number of aromatic nitrogens is 1. The minimum Gasteiger partial charge on any atom is -0.396 e. The maximum absolute atomic E-state index is 9.18. The Labute approximate surface area is 122 Å². The van der Waals surface area contributed by atoms with Gasteiger partial charge in [0.05, 0.1) is 0 Å². The van der Waals surface area contributed by atoms with Gasteiger partial charge in [-0.2, -0.15) is 0 Å². The summed E-state index contributed by atoms with van der Waals surface area (Å²) in [6.45, 7) is 7.72. The highest BCUT2D eigenvalue weighted by molar-refractivity contribution is 5.40. The molecule has 0 bridgehead atoms. The van der Waals surface area contributed by atoms with E-state index in [0.717, 1.165) is 44.7 Å². The van der Waals surface area contributed by atoms with Crippen LogP contribution in [0.5, 0.6) is 0 Å². The van der Waals surface area contributed by atoms with E-state index in [1.165, 1.54) is 5.56 Å². The van der Waals surface area contributed by atoms with Crippen LogP contribution >= 0.6 is 0 Å². The molecule has 20 heavy (non-hydrogen) atoms. The Bertz CT molecular complexity index is 385. The predicted octanol–water partition coefficient (Wildman–Crippen LogP) is 2.35. The number of aliphatic hydroxyl groups is 1. The number of anilines is 1. The molecule has 1 aliphatic heterocycles.